The number of esters is 2. The summed E-state index contributed by atoms with van der Waals surface area (Å²) in [6.45, 7) is 7.99. The van der Waals surface area contributed by atoms with Crippen LogP contribution in [0.4, 0.5) is 28.4 Å². The van der Waals surface area contributed by atoms with Gasteiger partial charge in [-0.2, -0.15) is 0 Å². The Hall–Kier alpha value is -15.5. The fourth-order valence-electron chi connectivity index (χ4n) is 13.7. The van der Waals surface area contributed by atoms with Crippen LogP contribution in [0.15, 0.2) is 296 Å². The maximum absolute atomic E-state index is 12.7. The second-order valence-electron chi connectivity index (χ2n) is 30.0. The van der Waals surface area contributed by atoms with Crippen molar-refractivity contribution >= 4 is 147 Å². The molecule has 0 bridgehead atoms. The first kappa shape index (κ1) is 91.7. The second-order valence-corrected chi connectivity index (χ2v) is 32.9. The number of carboxylic acid groups (broad SMARTS) is 1. The largest absolute Gasteiger partial charge is 0.494 e. The molecule has 1 aliphatic heterocycles. The standard InChI is InChI=1S/C25H19N5OS.C22H18N4O2.C21H16N4O2.C14H19BO4.C14H11BrN4.C3H4N2S/c1-26-25-20-13-17(7-8-21(20)29-24(30-25)19-6-3-9-27-15-19)16-4-2-5-18(12-16)22(31)14-23-28-10-11-32-23;1-23-21-18-12-15(14-5-3-6-16(11-14)22(27)28-2)8-9-19(18)25-20(26-21)17-7-4-10-24-13-17;1-22-20-17-11-14(13-4-2-5-15(10-13)21(26)27)7-8-18(17)24-19(25-20)16-6-3-9-23-12-16;1-13(2)14(3,4)19-15(18-13)11-8-6-7-10(9-11)12(16)17-5;1-16-14-11-7-10(15)4-5-12(11)18-13(19-14)9-3-2-6-17-8-9;4-3-5-1-2-6-3/h2-13,15H,14H2,1H3,(H,26,29,30);3-13H,1-2H3,(H,23,25,26);2-12H,1H3,(H,26,27)(H,22,24,25);6-9H,1-5H3;2-8H,1H3,(H,16,18,19);1-2H,(H2,4,5). The number of hydrogen-bond acceptors (Lipinski definition) is 29. The number of fused-ring (bicyclic) bond motifs is 4. The summed E-state index contributed by atoms with van der Waals surface area (Å²) in [7, 11) is 9.63. The van der Waals surface area contributed by atoms with Gasteiger partial charge in [0.25, 0.3) is 0 Å². The molecule has 7 N–H and O–H groups in total. The molecule has 0 saturated carbocycles. The normalized spacial score (nSPS) is 12.0. The molecule has 32 heteroatoms. The quantitative estimate of drug-likeness (QED) is 0.0264. The van der Waals surface area contributed by atoms with Crippen molar-refractivity contribution in [1.82, 2.24) is 69.8 Å². The molecule has 18 aromatic rings. The van der Waals surface area contributed by atoms with Crippen LogP contribution in [0.2, 0.25) is 0 Å². The topological polar surface area (TPSA) is 380 Å². The molecule has 10 aromatic heterocycles. The Balaban J connectivity index is 0.000000131. The van der Waals surface area contributed by atoms with Gasteiger partial charge in [-0.25, -0.2) is 64.2 Å². The molecule has 1 fully saturated rings. The summed E-state index contributed by atoms with van der Waals surface area (Å²) in [6, 6.07) is 68.0. The van der Waals surface area contributed by atoms with Gasteiger partial charge in [0.05, 0.1) is 70.6 Å². The molecule has 131 heavy (non-hydrogen) atoms. The van der Waals surface area contributed by atoms with E-state index in [1.165, 1.54) is 36.9 Å². The highest BCUT2D eigenvalue weighted by Gasteiger charge is 2.52. The fraction of sp³-hybridized carbons (Fsp3) is 0.131. The number of halogens is 1. The number of rotatable bonds is 18. The number of anilines is 5. The van der Waals surface area contributed by atoms with E-state index in [1.807, 2.05) is 237 Å². The summed E-state index contributed by atoms with van der Waals surface area (Å²) < 4.78 is 22.4. The highest BCUT2D eigenvalue weighted by atomic mass is 79.9. The molecule has 1 aliphatic rings. The molecule has 28 nitrogen and oxygen atoms in total. The number of nitrogen functional groups attached to an aromatic ring is 1. The van der Waals surface area contributed by atoms with E-state index in [9.17, 15) is 24.3 Å². The van der Waals surface area contributed by atoms with E-state index in [0.717, 1.165) is 132 Å². The lowest BCUT2D eigenvalue weighted by atomic mass is 9.78. The first-order chi connectivity index (χ1) is 63.5. The molecule has 0 amide bonds. The van der Waals surface area contributed by atoms with Crippen LogP contribution < -0.4 is 32.5 Å². The van der Waals surface area contributed by atoms with E-state index in [0.29, 0.717) is 57.4 Å². The number of ether oxygens (including phenoxy) is 2. The van der Waals surface area contributed by atoms with E-state index in [2.05, 4.69) is 108 Å². The number of carbonyl (C=O) groups excluding carboxylic acids is 3. The van der Waals surface area contributed by atoms with Gasteiger partial charge in [0.15, 0.2) is 34.2 Å². The van der Waals surface area contributed by atoms with Gasteiger partial charge in [-0.05, 0) is 212 Å². The number of methoxy groups -OCH3 is 2. The van der Waals surface area contributed by atoms with Gasteiger partial charge >= 0.3 is 25.0 Å². The average Bonchev–Trinajstić information content (AvgIpc) is 1.50. The van der Waals surface area contributed by atoms with Gasteiger partial charge < -0.3 is 50.9 Å². The van der Waals surface area contributed by atoms with Crippen LogP contribution in [0.5, 0.6) is 0 Å². The van der Waals surface area contributed by atoms with Gasteiger partial charge in [0, 0.05) is 155 Å². The van der Waals surface area contributed by atoms with Crippen molar-refractivity contribution in [1.29, 1.82) is 0 Å². The summed E-state index contributed by atoms with van der Waals surface area (Å²) in [5.41, 5.74) is 19.6. The highest BCUT2D eigenvalue weighted by Crippen LogP contribution is 2.39. The smallest absolute Gasteiger partial charge is 0.478 e. The predicted octanol–water partition coefficient (Wildman–Crippen LogP) is 19.6. The first-order valence-corrected chi connectivity index (χ1v) is 43.5. The van der Waals surface area contributed by atoms with Gasteiger partial charge in [-0.15, -0.1) is 22.7 Å². The minimum atomic E-state index is -0.946. The van der Waals surface area contributed by atoms with Crippen LogP contribution in [0.3, 0.4) is 0 Å². The number of carboxylic acids is 1. The first-order valence-electron chi connectivity index (χ1n) is 41.0. The van der Waals surface area contributed by atoms with Crippen molar-refractivity contribution in [2.24, 2.45) is 0 Å². The van der Waals surface area contributed by atoms with Gasteiger partial charge in [-0.3, -0.25) is 24.7 Å². The second kappa shape index (κ2) is 42.4. The molecular weight excluding hydrogens is 1750 g/mol. The number of pyridine rings is 4. The summed E-state index contributed by atoms with van der Waals surface area (Å²) in [4.78, 5) is 109. The fourth-order valence-corrected chi connectivity index (χ4v) is 15.0. The maximum Gasteiger partial charge on any atom is 0.494 e. The zero-order chi connectivity index (χ0) is 92.1. The van der Waals surface area contributed by atoms with Crippen molar-refractivity contribution in [2.45, 2.75) is 45.3 Å². The number of benzene rings is 8. The van der Waals surface area contributed by atoms with Gasteiger partial charge in [0.2, 0.25) is 0 Å². The Morgan fingerprint density at radius 2 is 0.740 bits per heavy atom. The number of nitrogens with two attached hydrogens (primary N) is 1. The number of aromatic carboxylic acids is 1. The van der Waals surface area contributed by atoms with Crippen LogP contribution >= 0.6 is 38.6 Å². The van der Waals surface area contributed by atoms with Gasteiger partial charge in [-0.1, -0.05) is 88.7 Å². The third-order valence-electron chi connectivity index (χ3n) is 21.0. The molecule has 0 spiro atoms. The predicted molar refractivity (Wildman–Crippen MR) is 522 cm³/mol. The van der Waals surface area contributed by atoms with Crippen LogP contribution in [0, 0.1) is 0 Å². The molecular formula is C99H87BBrN19O9S2. The number of aromatic nitrogens is 14. The molecule has 0 atom stereocenters. The zero-order valence-electron chi connectivity index (χ0n) is 72.7. The maximum atomic E-state index is 12.7. The third kappa shape index (κ3) is 22.6. The lowest BCUT2D eigenvalue weighted by Gasteiger charge is -2.32. The van der Waals surface area contributed by atoms with Crippen LogP contribution in [-0.2, 0) is 25.2 Å². The van der Waals surface area contributed by atoms with E-state index >= 15 is 0 Å². The van der Waals surface area contributed by atoms with E-state index in [1.54, 1.807) is 104 Å². The summed E-state index contributed by atoms with van der Waals surface area (Å²) in [6.07, 6.45) is 17.6. The SMILES string of the molecule is CNc1nc(-c2cccnc2)nc2ccc(-c3cccc(C(=O)Cc4nccs4)c3)cc12.CNc1nc(-c2cccnc2)nc2ccc(-c3cccc(C(=O)O)c3)cc12.CNc1nc(-c2cccnc2)nc2ccc(-c3cccc(C(=O)OC)c3)cc12.CNc1nc(-c2cccnc2)nc2ccc(Br)cc12.COC(=O)c1cccc(B2OC(C)(C)C(C)(C)O2)c1.Nc1nccs1. The van der Waals surface area contributed by atoms with Crippen molar-refractivity contribution in [3.8, 4) is 78.9 Å². The third-order valence-corrected chi connectivity index (χ3v) is 22.9. The molecule has 1 saturated heterocycles. The number of nitrogens with zero attached hydrogens (tertiary/aromatic N) is 14. The average molecular weight is 1840 g/mol. The van der Waals surface area contributed by atoms with Crippen molar-refractivity contribution in [3.63, 3.8) is 0 Å². The molecule has 0 unspecified atom stereocenters. The Kier molecular flexibility index (Phi) is 29.7. The molecule has 8 aromatic carbocycles. The Morgan fingerprint density at radius 3 is 1.09 bits per heavy atom. The van der Waals surface area contributed by atoms with E-state index in [-0.39, 0.29) is 34.5 Å². The minimum absolute atomic E-state index is 0.0583. The van der Waals surface area contributed by atoms with Crippen molar-refractivity contribution in [3.05, 3.63) is 323 Å². The molecule has 0 aliphatic carbocycles. The minimum Gasteiger partial charge on any atom is -0.478 e. The van der Waals surface area contributed by atoms with Gasteiger partial charge in [0.1, 0.15) is 28.3 Å². The lowest BCUT2D eigenvalue weighted by molar-refractivity contribution is 0.00578. The number of ketones is 1. The number of carbonyl (C=O) groups is 4. The molecule has 654 valence electrons. The van der Waals surface area contributed by atoms with Crippen LogP contribution in [0.25, 0.3) is 123 Å². The van der Waals surface area contributed by atoms with Crippen LogP contribution in [0.1, 0.15) is 74.1 Å². The highest BCUT2D eigenvalue weighted by molar-refractivity contribution is 9.10. The molecule has 0 radical (unpaired) electrons. The molecule has 19 rings (SSSR count). The Labute approximate surface area is 771 Å². The number of nitrogens with one attached hydrogen (secondary N) is 4. The van der Waals surface area contributed by atoms with E-state index in [4.69, 9.17) is 29.5 Å². The van der Waals surface area contributed by atoms with Crippen molar-refractivity contribution in [2.75, 3.05) is 69.4 Å². The van der Waals surface area contributed by atoms with E-state index < -0.39 is 13.1 Å². The Morgan fingerprint density at radius 1 is 0.397 bits per heavy atom. The summed E-state index contributed by atoms with van der Waals surface area (Å²) in [5.74, 6) is 3.89. The zero-order valence-corrected chi connectivity index (χ0v) is 76.0. The van der Waals surface area contributed by atoms with Crippen LogP contribution in [-0.4, -0.2) is 159 Å². The lowest BCUT2D eigenvalue weighted by Crippen LogP contribution is -2.41. The number of thiazole rings is 2. The van der Waals surface area contributed by atoms with Crippen molar-refractivity contribution < 1.29 is 43.1 Å². The summed E-state index contributed by atoms with van der Waals surface area (Å²) >= 11 is 6.41. The number of Topliss-reactive ketones (excluding diaryl/α,β-unsaturated/α-hetero) is 1. The Bertz CT molecular complexity index is 7070. The number of hydrogen-bond donors (Lipinski definition) is 6. The monoisotopic (exact) mass is 1840 g/mol. The molecule has 11 heterocycles. The summed E-state index contributed by atoms with van der Waals surface area (Å²) in [5, 5.41) is 30.6.